The molecule has 0 spiro atoms. The maximum atomic E-state index is 12.6. The molecule has 0 N–H and O–H groups in total. The molecule has 2 aromatic heterocycles. The van der Waals surface area contributed by atoms with Crippen LogP contribution in [0.3, 0.4) is 0 Å². The monoisotopic (exact) mass is 413 g/mol. The standard InChI is InChI=1S/C18H12BrN3O2S/c1-24-12-8-6-11(7-9-12)10-15-17(23)22-18(25-15)20-16(21-22)13-4-2-3-5-14(13)19/h2-10H,1H3. The highest BCUT2D eigenvalue weighted by atomic mass is 79.9. The number of hydrogen-bond acceptors (Lipinski definition) is 5. The van der Waals surface area contributed by atoms with Crippen LogP contribution in [0.25, 0.3) is 22.4 Å². The Bertz CT molecular complexity index is 1170. The first-order valence-electron chi connectivity index (χ1n) is 7.46. The van der Waals surface area contributed by atoms with Gasteiger partial charge in [0.15, 0.2) is 5.82 Å². The highest BCUT2D eigenvalue weighted by Crippen LogP contribution is 2.25. The van der Waals surface area contributed by atoms with Gasteiger partial charge in [-0.25, -0.2) is 0 Å². The van der Waals surface area contributed by atoms with Crippen LogP contribution < -0.4 is 14.8 Å². The minimum atomic E-state index is -0.165. The Morgan fingerprint density at radius 3 is 2.60 bits per heavy atom. The normalized spacial score (nSPS) is 12.0. The van der Waals surface area contributed by atoms with Crippen LogP contribution in [0.2, 0.25) is 0 Å². The van der Waals surface area contributed by atoms with Crippen LogP contribution in [0.4, 0.5) is 0 Å². The Labute approximate surface area is 155 Å². The molecule has 124 valence electrons. The van der Waals surface area contributed by atoms with E-state index in [4.69, 9.17) is 4.74 Å². The minimum absolute atomic E-state index is 0.165. The van der Waals surface area contributed by atoms with Crippen molar-refractivity contribution in [3.63, 3.8) is 0 Å². The zero-order valence-corrected chi connectivity index (χ0v) is 15.5. The second kappa shape index (κ2) is 6.42. The van der Waals surface area contributed by atoms with Gasteiger partial charge in [0.05, 0.1) is 11.6 Å². The first kappa shape index (κ1) is 16.0. The number of nitrogens with zero attached hydrogens (tertiary/aromatic N) is 3. The molecule has 0 aliphatic carbocycles. The predicted octanol–water partition coefficient (Wildman–Crippen LogP) is 3.14. The fraction of sp³-hybridized carbons (Fsp3) is 0.0556. The molecule has 0 fully saturated rings. The van der Waals surface area contributed by atoms with Crippen LogP contribution >= 0.6 is 27.3 Å². The summed E-state index contributed by atoms with van der Waals surface area (Å²) in [7, 11) is 1.62. The highest BCUT2D eigenvalue weighted by molar-refractivity contribution is 9.10. The summed E-state index contributed by atoms with van der Waals surface area (Å²) in [6, 6.07) is 15.2. The van der Waals surface area contributed by atoms with Crippen molar-refractivity contribution < 1.29 is 4.74 Å². The largest absolute Gasteiger partial charge is 0.497 e. The third-order valence-electron chi connectivity index (χ3n) is 3.71. The lowest BCUT2D eigenvalue weighted by Gasteiger charge is -1.98. The Morgan fingerprint density at radius 2 is 1.92 bits per heavy atom. The summed E-state index contributed by atoms with van der Waals surface area (Å²) in [6.07, 6.45) is 1.83. The maximum Gasteiger partial charge on any atom is 0.291 e. The van der Waals surface area contributed by atoms with Gasteiger partial charge in [-0.05, 0) is 35.9 Å². The second-order valence-electron chi connectivity index (χ2n) is 5.30. The van der Waals surface area contributed by atoms with Crippen LogP contribution in [0, 0.1) is 0 Å². The second-order valence-corrected chi connectivity index (χ2v) is 7.16. The van der Waals surface area contributed by atoms with Crippen LogP contribution in [-0.4, -0.2) is 21.7 Å². The highest BCUT2D eigenvalue weighted by Gasteiger charge is 2.13. The summed E-state index contributed by atoms with van der Waals surface area (Å²) >= 11 is 4.81. The van der Waals surface area contributed by atoms with E-state index >= 15 is 0 Å². The number of benzene rings is 2. The van der Waals surface area contributed by atoms with Crippen LogP contribution in [0.15, 0.2) is 57.8 Å². The number of methoxy groups -OCH3 is 1. The molecule has 7 heteroatoms. The summed E-state index contributed by atoms with van der Waals surface area (Å²) < 4.78 is 7.99. The summed E-state index contributed by atoms with van der Waals surface area (Å²) in [6.45, 7) is 0. The Kier molecular flexibility index (Phi) is 4.10. The summed E-state index contributed by atoms with van der Waals surface area (Å²) in [5, 5.41) is 4.37. The zero-order chi connectivity index (χ0) is 17.4. The van der Waals surface area contributed by atoms with Gasteiger partial charge >= 0.3 is 0 Å². The number of hydrogen-bond donors (Lipinski definition) is 0. The van der Waals surface area contributed by atoms with Crippen LogP contribution in [-0.2, 0) is 0 Å². The van der Waals surface area contributed by atoms with Crippen molar-refractivity contribution in [2.24, 2.45) is 0 Å². The van der Waals surface area contributed by atoms with Crippen molar-refractivity contribution in [3.05, 3.63) is 73.5 Å². The van der Waals surface area contributed by atoms with E-state index in [1.165, 1.54) is 15.9 Å². The van der Waals surface area contributed by atoms with E-state index in [2.05, 4.69) is 26.0 Å². The molecule has 0 radical (unpaired) electrons. The van der Waals surface area contributed by atoms with E-state index in [1.807, 2.05) is 54.6 Å². The predicted molar refractivity (Wildman–Crippen MR) is 102 cm³/mol. The molecule has 0 saturated carbocycles. The van der Waals surface area contributed by atoms with Gasteiger partial charge in [0.25, 0.3) is 5.56 Å². The third kappa shape index (κ3) is 2.96. The molecule has 0 amide bonds. The number of thiazole rings is 1. The number of fused-ring (bicyclic) bond motifs is 1. The van der Waals surface area contributed by atoms with Crippen molar-refractivity contribution in [2.45, 2.75) is 0 Å². The lowest BCUT2D eigenvalue weighted by molar-refractivity contribution is 0.415. The first-order valence-corrected chi connectivity index (χ1v) is 9.07. The van der Waals surface area contributed by atoms with Crippen molar-refractivity contribution in [2.75, 3.05) is 7.11 Å². The van der Waals surface area contributed by atoms with Gasteiger partial charge < -0.3 is 4.74 Å². The molecule has 0 atom stereocenters. The Morgan fingerprint density at radius 1 is 1.16 bits per heavy atom. The Balaban J connectivity index is 1.79. The topological polar surface area (TPSA) is 56.5 Å². The van der Waals surface area contributed by atoms with Gasteiger partial charge in [0, 0.05) is 10.0 Å². The maximum absolute atomic E-state index is 12.6. The first-order chi connectivity index (χ1) is 12.2. The van der Waals surface area contributed by atoms with Crippen molar-refractivity contribution in [3.8, 4) is 17.1 Å². The number of ether oxygens (including phenoxy) is 1. The lowest BCUT2D eigenvalue weighted by atomic mass is 10.2. The number of rotatable bonds is 3. The minimum Gasteiger partial charge on any atom is -0.497 e. The molecule has 4 rings (SSSR count). The smallest absolute Gasteiger partial charge is 0.291 e. The number of aromatic nitrogens is 3. The molecule has 4 aromatic rings. The summed E-state index contributed by atoms with van der Waals surface area (Å²) in [4.78, 5) is 17.7. The zero-order valence-electron chi connectivity index (χ0n) is 13.1. The summed E-state index contributed by atoms with van der Waals surface area (Å²) in [5.74, 6) is 1.31. The van der Waals surface area contributed by atoms with Gasteiger partial charge in [-0.1, -0.05) is 51.5 Å². The van der Waals surface area contributed by atoms with Crippen molar-refractivity contribution >= 4 is 38.3 Å². The van der Waals surface area contributed by atoms with E-state index in [1.54, 1.807) is 7.11 Å². The molecule has 2 heterocycles. The van der Waals surface area contributed by atoms with E-state index in [9.17, 15) is 4.79 Å². The molecular weight excluding hydrogens is 402 g/mol. The van der Waals surface area contributed by atoms with E-state index in [0.717, 1.165) is 21.3 Å². The molecule has 0 aliphatic heterocycles. The fourth-order valence-electron chi connectivity index (χ4n) is 2.44. The van der Waals surface area contributed by atoms with E-state index < -0.39 is 0 Å². The molecular formula is C18H12BrN3O2S. The molecule has 2 aromatic carbocycles. The molecule has 0 saturated heterocycles. The van der Waals surface area contributed by atoms with Gasteiger partial charge in [0.1, 0.15) is 5.75 Å². The van der Waals surface area contributed by atoms with Gasteiger partial charge in [-0.15, -0.1) is 5.10 Å². The number of halogens is 1. The van der Waals surface area contributed by atoms with Gasteiger partial charge in [0.2, 0.25) is 4.96 Å². The molecule has 5 nitrogen and oxygen atoms in total. The van der Waals surface area contributed by atoms with Gasteiger partial charge in [-0.2, -0.15) is 9.50 Å². The Hall–Kier alpha value is -2.51. The van der Waals surface area contributed by atoms with Gasteiger partial charge in [-0.3, -0.25) is 4.79 Å². The average molecular weight is 414 g/mol. The lowest BCUT2D eigenvalue weighted by Crippen LogP contribution is -2.23. The van der Waals surface area contributed by atoms with Crippen molar-refractivity contribution in [1.82, 2.24) is 14.6 Å². The fourth-order valence-corrected chi connectivity index (χ4v) is 3.81. The molecule has 0 unspecified atom stereocenters. The third-order valence-corrected chi connectivity index (χ3v) is 5.36. The van der Waals surface area contributed by atoms with Crippen molar-refractivity contribution in [1.29, 1.82) is 0 Å². The quantitative estimate of drug-likeness (QED) is 0.517. The van der Waals surface area contributed by atoms with E-state index in [0.29, 0.717) is 15.3 Å². The molecule has 0 bridgehead atoms. The molecule has 25 heavy (non-hydrogen) atoms. The van der Waals surface area contributed by atoms with E-state index in [-0.39, 0.29) is 5.56 Å². The van der Waals surface area contributed by atoms with Crippen LogP contribution in [0.1, 0.15) is 5.56 Å². The molecule has 0 aliphatic rings. The SMILES string of the molecule is COc1ccc(C=c2sc3nc(-c4ccccc4Br)nn3c2=O)cc1. The average Bonchev–Trinajstić information content (AvgIpc) is 3.16. The summed E-state index contributed by atoms with van der Waals surface area (Å²) in [5.41, 5.74) is 1.62. The van der Waals surface area contributed by atoms with Crippen LogP contribution in [0.5, 0.6) is 5.75 Å².